The summed E-state index contributed by atoms with van der Waals surface area (Å²) in [6, 6.07) is 18.2. The molecular formula is C27H22Cl3N3O4. The van der Waals surface area contributed by atoms with E-state index in [2.05, 4.69) is 17.6 Å². The Kier molecular flexibility index (Phi) is 8.38. The maximum Gasteiger partial charge on any atom is 0.283 e. The average molecular weight is 559 g/mol. The van der Waals surface area contributed by atoms with Gasteiger partial charge in [-0.25, -0.2) is 4.90 Å². The molecule has 2 N–H and O–H groups in total. The van der Waals surface area contributed by atoms with Gasteiger partial charge in [-0.2, -0.15) is 0 Å². The van der Waals surface area contributed by atoms with Crippen molar-refractivity contribution in [1.82, 2.24) is 0 Å². The minimum atomic E-state index is -0.728. The highest BCUT2D eigenvalue weighted by atomic mass is 35.5. The van der Waals surface area contributed by atoms with E-state index in [4.69, 9.17) is 39.5 Å². The summed E-state index contributed by atoms with van der Waals surface area (Å²) in [5.74, 6) is -1.14. The minimum Gasteiger partial charge on any atom is -0.491 e. The first kappa shape index (κ1) is 26.5. The highest BCUT2D eigenvalue weighted by molar-refractivity contribution is 6.54. The van der Waals surface area contributed by atoms with Gasteiger partial charge in [-0.15, -0.1) is 0 Å². The second-order valence-corrected chi connectivity index (χ2v) is 9.23. The second kappa shape index (κ2) is 11.7. The molecule has 37 heavy (non-hydrogen) atoms. The maximum atomic E-state index is 13.0. The van der Waals surface area contributed by atoms with Crippen molar-refractivity contribution < 1.29 is 19.1 Å². The van der Waals surface area contributed by atoms with Crippen LogP contribution in [0.3, 0.4) is 0 Å². The van der Waals surface area contributed by atoms with Crippen LogP contribution in [-0.2, 0) is 9.59 Å². The van der Waals surface area contributed by atoms with E-state index in [1.807, 2.05) is 12.1 Å². The van der Waals surface area contributed by atoms with E-state index < -0.39 is 11.8 Å². The summed E-state index contributed by atoms with van der Waals surface area (Å²) < 4.78 is 5.77. The third-order valence-electron chi connectivity index (χ3n) is 5.51. The van der Waals surface area contributed by atoms with Crippen LogP contribution in [0.5, 0.6) is 5.75 Å². The summed E-state index contributed by atoms with van der Waals surface area (Å²) in [6.07, 6.45) is 1.92. The Labute approximate surface area is 229 Å². The smallest absolute Gasteiger partial charge is 0.283 e. The number of halogens is 3. The molecule has 0 aromatic heterocycles. The largest absolute Gasteiger partial charge is 0.491 e. The zero-order valence-corrected chi connectivity index (χ0v) is 22.0. The van der Waals surface area contributed by atoms with Crippen LogP contribution in [0.15, 0.2) is 77.5 Å². The number of carbonyl (C=O) groups is 3. The van der Waals surface area contributed by atoms with Crippen LogP contribution in [0.2, 0.25) is 10.0 Å². The fourth-order valence-corrected chi connectivity index (χ4v) is 4.15. The molecule has 7 nitrogen and oxygen atoms in total. The van der Waals surface area contributed by atoms with Crippen molar-refractivity contribution in [3.05, 3.63) is 93.1 Å². The molecule has 1 heterocycles. The summed E-state index contributed by atoms with van der Waals surface area (Å²) in [6.45, 7) is 2.63. The number of rotatable bonds is 9. The highest BCUT2D eigenvalue weighted by Crippen LogP contribution is 2.37. The molecule has 3 aromatic carbocycles. The van der Waals surface area contributed by atoms with Gasteiger partial charge >= 0.3 is 0 Å². The van der Waals surface area contributed by atoms with E-state index >= 15 is 0 Å². The number of imide groups is 1. The molecule has 0 spiro atoms. The van der Waals surface area contributed by atoms with E-state index in [0.29, 0.717) is 29.3 Å². The van der Waals surface area contributed by atoms with Gasteiger partial charge in [0.1, 0.15) is 16.5 Å². The number of para-hydroxylation sites is 2. The molecule has 0 radical (unpaired) electrons. The van der Waals surface area contributed by atoms with Crippen LogP contribution in [-0.4, -0.2) is 24.3 Å². The Morgan fingerprint density at radius 2 is 1.65 bits per heavy atom. The Morgan fingerprint density at radius 3 is 2.38 bits per heavy atom. The monoisotopic (exact) mass is 557 g/mol. The van der Waals surface area contributed by atoms with Crippen LogP contribution in [0.25, 0.3) is 0 Å². The van der Waals surface area contributed by atoms with Crippen LogP contribution in [0, 0.1) is 0 Å². The number of hydrogen-bond donors (Lipinski definition) is 2. The van der Waals surface area contributed by atoms with Gasteiger partial charge in [-0.05, 0) is 55.0 Å². The van der Waals surface area contributed by atoms with Crippen LogP contribution >= 0.6 is 34.8 Å². The van der Waals surface area contributed by atoms with E-state index in [1.165, 1.54) is 6.07 Å². The van der Waals surface area contributed by atoms with E-state index in [1.54, 1.807) is 48.5 Å². The fourth-order valence-electron chi connectivity index (χ4n) is 3.56. The van der Waals surface area contributed by atoms with E-state index in [9.17, 15) is 14.4 Å². The first-order valence-corrected chi connectivity index (χ1v) is 12.6. The summed E-state index contributed by atoms with van der Waals surface area (Å²) in [7, 11) is 0. The van der Waals surface area contributed by atoms with Gasteiger partial charge in [0.25, 0.3) is 17.7 Å². The van der Waals surface area contributed by atoms with Crippen molar-refractivity contribution in [2.75, 3.05) is 22.1 Å². The lowest BCUT2D eigenvalue weighted by Crippen LogP contribution is -2.32. The number of carbonyl (C=O) groups excluding carboxylic acids is 3. The number of hydrogen-bond acceptors (Lipinski definition) is 5. The van der Waals surface area contributed by atoms with Gasteiger partial charge in [-0.1, -0.05) is 66.3 Å². The van der Waals surface area contributed by atoms with Gasteiger partial charge in [0, 0.05) is 11.3 Å². The van der Waals surface area contributed by atoms with E-state index in [0.717, 1.165) is 17.7 Å². The molecule has 0 fully saturated rings. The SMILES string of the molecule is CCCCOc1ccccc1NC(=O)c1ccc(NC2=C(Cl)C(=O)N(c3cccc(Cl)c3Cl)C2=O)cc1. The summed E-state index contributed by atoms with van der Waals surface area (Å²) >= 11 is 18.4. The molecular weight excluding hydrogens is 537 g/mol. The normalized spacial score (nSPS) is 13.2. The van der Waals surface area contributed by atoms with Crippen molar-refractivity contribution in [3.8, 4) is 5.75 Å². The number of benzene rings is 3. The van der Waals surface area contributed by atoms with Gasteiger partial charge in [0.15, 0.2) is 0 Å². The molecule has 0 saturated heterocycles. The zero-order chi connectivity index (χ0) is 26.5. The quantitative estimate of drug-likeness (QED) is 0.221. The van der Waals surface area contributed by atoms with Crippen molar-refractivity contribution >= 4 is 69.6 Å². The predicted molar refractivity (Wildman–Crippen MR) is 147 cm³/mol. The lowest BCUT2D eigenvalue weighted by atomic mass is 10.1. The zero-order valence-electron chi connectivity index (χ0n) is 19.7. The van der Waals surface area contributed by atoms with Gasteiger partial charge in [0.2, 0.25) is 0 Å². The fraction of sp³-hybridized carbons (Fsp3) is 0.148. The summed E-state index contributed by atoms with van der Waals surface area (Å²) in [4.78, 5) is 39.4. The lowest BCUT2D eigenvalue weighted by molar-refractivity contribution is -0.120. The molecule has 0 saturated carbocycles. The lowest BCUT2D eigenvalue weighted by Gasteiger charge is -2.17. The van der Waals surface area contributed by atoms with Crippen molar-refractivity contribution in [1.29, 1.82) is 0 Å². The second-order valence-electron chi connectivity index (χ2n) is 8.06. The molecule has 4 rings (SSSR count). The molecule has 0 unspecified atom stereocenters. The molecule has 1 aliphatic rings. The van der Waals surface area contributed by atoms with Gasteiger partial charge in [0.05, 0.1) is 28.0 Å². The number of ether oxygens (including phenoxy) is 1. The molecule has 0 aliphatic carbocycles. The number of nitrogens with zero attached hydrogens (tertiary/aromatic N) is 1. The first-order chi connectivity index (χ1) is 17.8. The molecule has 0 bridgehead atoms. The molecule has 0 atom stereocenters. The number of amides is 3. The molecule has 3 amide bonds. The Morgan fingerprint density at radius 1 is 0.919 bits per heavy atom. The van der Waals surface area contributed by atoms with Gasteiger partial charge in [-0.3, -0.25) is 14.4 Å². The van der Waals surface area contributed by atoms with Crippen LogP contribution in [0.4, 0.5) is 17.1 Å². The van der Waals surface area contributed by atoms with Crippen molar-refractivity contribution in [2.24, 2.45) is 0 Å². The van der Waals surface area contributed by atoms with Crippen molar-refractivity contribution in [2.45, 2.75) is 19.8 Å². The topological polar surface area (TPSA) is 87.7 Å². The minimum absolute atomic E-state index is 0.0595. The molecule has 1 aliphatic heterocycles. The van der Waals surface area contributed by atoms with Gasteiger partial charge < -0.3 is 15.4 Å². The maximum absolute atomic E-state index is 13.0. The predicted octanol–water partition coefficient (Wildman–Crippen LogP) is 6.86. The molecule has 3 aromatic rings. The van der Waals surface area contributed by atoms with Crippen LogP contribution < -0.4 is 20.3 Å². The average Bonchev–Trinajstić information content (AvgIpc) is 3.10. The van der Waals surface area contributed by atoms with Crippen LogP contribution in [0.1, 0.15) is 30.1 Å². The Balaban J connectivity index is 1.46. The highest BCUT2D eigenvalue weighted by Gasteiger charge is 2.40. The number of nitrogens with one attached hydrogen (secondary N) is 2. The van der Waals surface area contributed by atoms with Crippen molar-refractivity contribution in [3.63, 3.8) is 0 Å². The number of anilines is 3. The first-order valence-electron chi connectivity index (χ1n) is 11.4. The standard InChI is InChI=1S/C27H22Cl3N3O4/c1-2-3-15-37-21-10-5-4-8-19(21)32-25(34)16-11-13-17(14-12-16)31-24-23(30)26(35)33(27(24)36)20-9-6-7-18(28)22(20)29/h4-14,31H,2-3,15H2,1H3,(H,32,34). The summed E-state index contributed by atoms with van der Waals surface area (Å²) in [5, 5.41) is 5.69. The Hall–Kier alpha value is -3.52. The van der Waals surface area contributed by atoms with E-state index in [-0.39, 0.29) is 32.4 Å². The summed E-state index contributed by atoms with van der Waals surface area (Å²) in [5.41, 5.74) is 1.42. The molecule has 10 heteroatoms. The Bertz CT molecular complexity index is 1390. The third-order valence-corrected chi connectivity index (χ3v) is 6.67. The molecule has 190 valence electrons. The number of unbranched alkanes of at least 4 members (excludes halogenated alkanes) is 1. The third kappa shape index (κ3) is 5.74.